The van der Waals surface area contributed by atoms with E-state index in [1.54, 1.807) is 6.92 Å². The molecule has 0 bridgehead atoms. The maximum absolute atomic E-state index is 14.3. The summed E-state index contributed by atoms with van der Waals surface area (Å²) >= 11 is 0. The van der Waals surface area contributed by atoms with Crippen LogP contribution in [-0.4, -0.2) is 134 Å². The van der Waals surface area contributed by atoms with Crippen molar-refractivity contribution in [3.63, 3.8) is 0 Å². The van der Waals surface area contributed by atoms with E-state index >= 15 is 0 Å². The molecular weight excluding hydrogens is 917 g/mol. The molecule has 10 atom stereocenters. The number of cyclic esters (lactones) is 2. The average molecular weight is 991 g/mol. The van der Waals surface area contributed by atoms with Gasteiger partial charge in [-0.25, -0.2) is 19.6 Å². The van der Waals surface area contributed by atoms with Crippen molar-refractivity contribution in [2.75, 3.05) is 53.9 Å². The largest absolute Gasteiger partial charge is 0.503 e. The molecule has 4 heterocycles. The molecule has 1 aliphatic carbocycles. The van der Waals surface area contributed by atoms with Crippen LogP contribution in [0.3, 0.4) is 0 Å². The van der Waals surface area contributed by atoms with E-state index in [1.165, 1.54) is 38.7 Å². The van der Waals surface area contributed by atoms with Crippen LogP contribution in [0.2, 0.25) is 0 Å². The summed E-state index contributed by atoms with van der Waals surface area (Å²) in [5.74, 6) is -3.61. The normalized spacial score (nSPS) is 26.4. The summed E-state index contributed by atoms with van der Waals surface area (Å²) in [5, 5.41) is 26.6. The highest BCUT2D eigenvalue weighted by molar-refractivity contribution is 5.98. The Bertz CT molecular complexity index is 2210. The summed E-state index contributed by atoms with van der Waals surface area (Å²) in [6.45, 7) is 11.1. The number of rotatable bonds is 20. The van der Waals surface area contributed by atoms with Crippen LogP contribution < -0.4 is 20.1 Å². The minimum atomic E-state index is -1.22. The number of aryl methyl sites for hydroxylation is 1. The predicted molar refractivity (Wildman–Crippen MR) is 260 cm³/mol. The lowest BCUT2D eigenvalue weighted by molar-refractivity contribution is -0.164. The monoisotopic (exact) mass is 991 g/mol. The molecular formula is C53H74N4O14. The molecule has 2 saturated heterocycles. The molecule has 2 amide bonds. The molecule has 18 nitrogen and oxygen atoms in total. The smallest absolute Gasteiger partial charge is 0.331 e. The number of carbonyl (C=O) groups is 4. The third-order valence-electron chi connectivity index (χ3n) is 13.5. The van der Waals surface area contributed by atoms with Gasteiger partial charge < -0.3 is 58.7 Å². The van der Waals surface area contributed by atoms with E-state index in [-0.39, 0.29) is 78.9 Å². The molecule has 2 aromatic heterocycles. The minimum absolute atomic E-state index is 0.0589. The van der Waals surface area contributed by atoms with Gasteiger partial charge in [-0.3, -0.25) is 9.59 Å². The Kier molecular flexibility index (Phi) is 20.6. The standard InChI is InChI=1S/C53H74N4O14/c1-8-9-10-21-68-48-33(5)70-52(62)39(56-50(60)44-46(58)41(64-6)17-19-54-44)29-66-27-37(48)24-35-15-16-36(22-35)25-43-49(69-26-31(2)3)38(23-34-13-11-32(4)12-14-34)28-67-30-40(53(63)71-43)57-51(61)45-47(59)42(65-7)18-20-55-45/h11-14,17-20,31,33,35-40,43,48-49,58-59H,8-10,15-16,21-30H2,1-7H3,(H,56,60)(H,57,61). The zero-order chi connectivity index (χ0) is 51.0. The van der Waals surface area contributed by atoms with Crippen molar-refractivity contribution >= 4 is 23.8 Å². The van der Waals surface area contributed by atoms with E-state index in [1.807, 2.05) is 6.92 Å². The summed E-state index contributed by atoms with van der Waals surface area (Å²) in [5.41, 5.74) is 1.61. The molecule has 390 valence electrons. The Labute approximate surface area is 417 Å². The Morgan fingerprint density at radius 2 is 1.31 bits per heavy atom. The van der Waals surface area contributed by atoms with Crippen LogP contribution in [-0.2, 0) is 44.4 Å². The molecule has 0 spiro atoms. The highest BCUT2D eigenvalue weighted by Gasteiger charge is 2.42. The van der Waals surface area contributed by atoms with Crippen molar-refractivity contribution in [3.8, 4) is 23.0 Å². The van der Waals surface area contributed by atoms with Gasteiger partial charge in [0.05, 0.1) is 52.9 Å². The number of aromatic hydroxyl groups is 2. The molecule has 2 aliphatic heterocycles. The minimum Gasteiger partial charge on any atom is -0.503 e. The van der Waals surface area contributed by atoms with Gasteiger partial charge in [0.25, 0.3) is 11.8 Å². The number of hydrogen-bond donors (Lipinski definition) is 4. The fourth-order valence-electron chi connectivity index (χ4n) is 9.85. The summed E-state index contributed by atoms with van der Waals surface area (Å²) in [6, 6.07) is 8.75. The second kappa shape index (κ2) is 26.8. The summed E-state index contributed by atoms with van der Waals surface area (Å²) < 4.78 is 48.7. The Hall–Kier alpha value is -5.56. The van der Waals surface area contributed by atoms with Crippen molar-refractivity contribution < 1.29 is 67.3 Å². The van der Waals surface area contributed by atoms with Crippen LogP contribution >= 0.6 is 0 Å². The van der Waals surface area contributed by atoms with Gasteiger partial charge in [0.2, 0.25) is 0 Å². The first-order valence-electron chi connectivity index (χ1n) is 25.1. The van der Waals surface area contributed by atoms with Gasteiger partial charge in [0, 0.05) is 49.6 Å². The van der Waals surface area contributed by atoms with Gasteiger partial charge in [0.15, 0.2) is 46.5 Å². The maximum atomic E-state index is 14.3. The Balaban J connectivity index is 1.21. The van der Waals surface area contributed by atoms with E-state index in [0.29, 0.717) is 32.5 Å². The van der Waals surface area contributed by atoms with E-state index in [0.717, 1.165) is 49.7 Å². The van der Waals surface area contributed by atoms with E-state index in [9.17, 15) is 29.4 Å². The van der Waals surface area contributed by atoms with Crippen molar-refractivity contribution in [3.05, 3.63) is 71.3 Å². The summed E-state index contributed by atoms with van der Waals surface area (Å²) in [4.78, 5) is 62.9. The fourth-order valence-corrected chi connectivity index (χ4v) is 9.85. The predicted octanol–water partition coefficient (Wildman–Crippen LogP) is 6.30. The number of pyridine rings is 2. The van der Waals surface area contributed by atoms with Crippen LogP contribution in [0.5, 0.6) is 23.0 Å². The number of methoxy groups -OCH3 is 2. The van der Waals surface area contributed by atoms with Crippen LogP contribution in [0, 0.1) is 36.5 Å². The zero-order valence-corrected chi connectivity index (χ0v) is 42.3. The molecule has 3 aromatic rings. The van der Waals surface area contributed by atoms with Crippen molar-refractivity contribution in [1.82, 2.24) is 20.6 Å². The van der Waals surface area contributed by atoms with E-state index in [4.69, 9.17) is 37.9 Å². The van der Waals surface area contributed by atoms with Crippen molar-refractivity contribution in [2.45, 2.75) is 129 Å². The van der Waals surface area contributed by atoms with Gasteiger partial charge in [-0.15, -0.1) is 0 Å². The molecule has 3 aliphatic rings. The van der Waals surface area contributed by atoms with Gasteiger partial charge in [0.1, 0.15) is 12.2 Å². The molecule has 1 aromatic carbocycles. The number of unbranched alkanes of at least 4 members (excludes halogenated alkanes) is 2. The first-order valence-corrected chi connectivity index (χ1v) is 25.1. The second-order valence-corrected chi connectivity index (χ2v) is 19.6. The van der Waals surface area contributed by atoms with Crippen molar-refractivity contribution in [1.29, 1.82) is 0 Å². The summed E-state index contributed by atoms with van der Waals surface area (Å²) in [7, 11) is 2.72. The Morgan fingerprint density at radius 1 is 0.746 bits per heavy atom. The number of esters is 2. The lowest BCUT2D eigenvalue weighted by Crippen LogP contribution is -2.47. The molecule has 71 heavy (non-hydrogen) atoms. The highest BCUT2D eigenvalue weighted by atomic mass is 16.6. The number of nitrogens with one attached hydrogen (secondary N) is 2. The number of nitrogens with zero attached hydrogens (tertiary/aromatic N) is 2. The van der Waals surface area contributed by atoms with Gasteiger partial charge >= 0.3 is 11.9 Å². The third kappa shape index (κ3) is 15.2. The lowest BCUT2D eigenvalue weighted by atomic mass is 9.85. The van der Waals surface area contributed by atoms with Crippen molar-refractivity contribution in [2.24, 2.45) is 29.6 Å². The number of carbonyl (C=O) groups excluding carboxylic acids is 4. The highest BCUT2D eigenvalue weighted by Crippen LogP contribution is 2.41. The van der Waals surface area contributed by atoms with E-state index < -0.39 is 71.8 Å². The van der Waals surface area contributed by atoms with E-state index in [2.05, 4.69) is 65.6 Å². The molecule has 6 rings (SSSR count). The molecule has 1 saturated carbocycles. The van der Waals surface area contributed by atoms with Gasteiger partial charge in [-0.2, -0.15) is 0 Å². The first-order chi connectivity index (χ1) is 34.2. The maximum Gasteiger partial charge on any atom is 0.331 e. The van der Waals surface area contributed by atoms with Gasteiger partial charge in [-0.05, 0) is 69.3 Å². The quantitative estimate of drug-likeness (QED) is 0.0718. The fraction of sp³-hybridized carbons (Fsp3) is 0.623. The lowest BCUT2D eigenvalue weighted by Gasteiger charge is -2.35. The number of ether oxygens (including phenoxy) is 8. The molecule has 0 radical (unpaired) electrons. The number of amides is 2. The van der Waals surface area contributed by atoms with Crippen LogP contribution in [0.4, 0.5) is 0 Å². The molecule has 4 N–H and O–H groups in total. The summed E-state index contributed by atoms with van der Waals surface area (Å²) in [6.07, 6.45) is 7.41. The topological polar surface area (TPSA) is 232 Å². The first kappa shape index (κ1) is 54.8. The van der Waals surface area contributed by atoms with Crippen LogP contribution in [0.25, 0.3) is 0 Å². The third-order valence-corrected chi connectivity index (χ3v) is 13.5. The number of benzene rings is 1. The molecule has 18 heteroatoms. The molecule has 10 unspecified atom stereocenters. The number of hydrogen-bond acceptors (Lipinski definition) is 16. The SMILES string of the molecule is CCCCCOC1C(CC2CCC(CC3OC(=O)C(NC(=O)c4nccc(OC)c4O)COCC(Cc4ccc(C)cc4)C3OCC(C)C)C2)COCC(NC(=O)c2nccc(OC)c2O)C(=O)OC1C. The van der Waals surface area contributed by atoms with Gasteiger partial charge in [-0.1, -0.05) is 76.3 Å². The second-order valence-electron chi connectivity index (χ2n) is 19.6. The Morgan fingerprint density at radius 3 is 1.87 bits per heavy atom. The molecule has 3 fully saturated rings. The average Bonchev–Trinajstić information content (AvgIpc) is 3.82. The van der Waals surface area contributed by atoms with Crippen LogP contribution in [0.1, 0.15) is 111 Å². The number of aromatic nitrogens is 2. The zero-order valence-electron chi connectivity index (χ0n) is 42.3. The van der Waals surface area contributed by atoms with Crippen LogP contribution in [0.15, 0.2) is 48.8 Å².